The van der Waals surface area contributed by atoms with Crippen LogP contribution in [0, 0.1) is 0 Å². The Balaban J connectivity index is 1.82. The first-order valence-corrected chi connectivity index (χ1v) is 9.19. The molecule has 1 unspecified atom stereocenters. The first-order valence-electron chi connectivity index (χ1n) is 6.82. The summed E-state index contributed by atoms with van der Waals surface area (Å²) in [6.45, 7) is 0. The zero-order valence-electron chi connectivity index (χ0n) is 11.8. The van der Waals surface area contributed by atoms with Gasteiger partial charge in [0.05, 0.1) is 0 Å². The molecule has 1 amide bonds. The van der Waals surface area contributed by atoms with Crippen molar-refractivity contribution in [2.75, 3.05) is 5.75 Å². The van der Waals surface area contributed by atoms with Crippen LogP contribution in [0.4, 0.5) is 0 Å². The molecule has 0 radical (unpaired) electrons. The molecule has 3 aromatic rings. The van der Waals surface area contributed by atoms with Gasteiger partial charge in [-0.05, 0) is 22.6 Å². The topological polar surface area (TPSA) is 60.2 Å². The second-order valence-electron chi connectivity index (χ2n) is 5.04. The van der Waals surface area contributed by atoms with Crippen LogP contribution in [0.15, 0.2) is 53.9 Å². The van der Waals surface area contributed by atoms with Crippen molar-refractivity contribution in [3.8, 4) is 11.1 Å². The number of carbonyl (C=O) groups excluding carboxylic acids is 1. The van der Waals surface area contributed by atoms with E-state index in [0.717, 1.165) is 11.1 Å². The number of fused-ring (bicyclic) bond motifs is 1. The first kappa shape index (κ1) is 14.9. The molecule has 0 bridgehead atoms. The van der Waals surface area contributed by atoms with Crippen molar-refractivity contribution in [2.45, 2.75) is 5.75 Å². The van der Waals surface area contributed by atoms with E-state index >= 15 is 0 Å². The Morgan fingerprint density at radius 1 is 1.09 bits per heavy atom. The number of benzene rings is 2. The molecule has 0 aliphatic carbocycles. The van der Waals surface area contributed by atoms with Crippen molar-refractivity contribution in [1.29, 1.82) is 0 Å². The van der Waals surface area contributed by atoms with E-state index in [1.54, 1.807) is 11.3 Å². The highest BCUT2D eigenvalue weighted by molar-refractivity contribution is 7.84. The Morgan fingerprint density at radius 2 is 1.82 bits per heavy atom. The van der Waals surface area contributed by atoms with Crippen LogP contribution in [-0.2, 0) is 21.3 Å². The summed E-state index contributed by atoms with van der Waals surface area (Å²) in [6, 6.07) is 16.3. The van der Waals surface area contributed by atoms with Gasteiger partial charge in [-0.15, -0.1) is 11.3 Å². The number of nitrogens with two attached hydrogens (primary N) is 1. The lowest BCUT2D eigenvalue weighted by atomic mass is 10.0. The summed E-state index contributed by atoms with van der Waals surface area (Å²) in [4.78, 5) is 10.8. The third kappa shape index (κ3) is 3.26. The minimum Gasteiger partial charge on any atom is -0.369 e. The van der Waals surface area contributed by atoms with Gasteiger partial charge in [0.2, 0.25) is 5.91 Å². The number of amides is 1. The Morgan fingerprint density at radius 3 is 2.55 bits per heavy atom. The van der Waals surface area contributed by atoms with Crippen molar-refractivity contribution in [1.82, 2.24) is 0 Å². The van der Waals surface area contributed by atoms with Gasteiger partial charge in [0.1, 0.15) is 5.75 Å². The van der Waals surface area contributed by atoms with Gasteiger partial charge in [-0.3, -0.25) is 9.00 Å². The highest BCUT2D eigenvalue weighted by Crippen LogP contribution is 2.33. The molecule has 22 heavy (non-hydrogen) atoms. The van der Waals surface area contributed by atoms with Crippen molar-refractivity contribution in [2.24, 2.45) is 5.73 Å². The molecule has 112 valence electrons. The monoisotopic (exact) mass is 329 g/mol. The fraction of sp³-hybridized carbons (Fsp3) is 0.118. The van der Waals surface area contributed by atoms with Crippen molar-refractivity contribution in [3.63, 3.8) is 0 Å². The van der Waals surface area contributed by atoms with Crippen LogP contribution >= 0.6 is 11.3 Å². The van der Waals surface area contributed by atoms with Crippen LogP contribution in [0.2, 0.25) is 0 Å². The van der Waals surface area contributed by atoms with Crippen molar-refractivity contribution in [3.05, 3.63) is 59.5 Å². The zero-order chi connectivity index (χ0) is 15.5. The van der Waals surface area contributed by atoms with Gasteiger partial charge in [-0.1, -0.05) is 42.5 Å². The van der Waals surface area contributed by atoms with Gasteiger partial charge in [0.15, 0.2) is 0 Å². The van der Waals surface area contributed by atoms with E-state index in [2.05, 4.69) is 17.5 Å². The minimum absolute atomic E-state index is 0.0864. The normalized spacial score (nSPS) is 12.4. The van der Waals surface area contributed by atoms with Crippen LogP contribution in [0.1, 0.15) is 5.56 Å². The Kier molecular flexibility index (Phi) is 4.36. The Hall–Kier alpha value is -1.98. The fourth-order valence-electron chi connectivity index (χ4n) is 2.38. The predicted octanol–water partition coefficient (Wildman–Crippen LogP) is 3.30. The highest BCUT2D eigenvalue weighted by atomic mass is 32.2. The summed E-state index contributed by atoms with van der Waals surface area (Å²) in [5.41, 5.74) is 8.36. The maximum absolute atomic E-state index is 11.7. The summed E-state index contributed by atoms with van der Waals surface area (Å²) >= 11 is 1.73. The summed E-state index contributed by atoms with van der Waals surface area (Å²) in [7, 11) is -1.24. The fourth-order valence-corrected chi connectivity index (χ4v) is 4.33. The minimum atomic E-state index is -1.24. The SMILES string of the molecule is NC(=O)CS(=O)Cc1ccc(-c2csc3ccccc23)cc1. The zero-order valence-corrected chi connectivity index (χ0v) is 13.5. The van der Waals surface area contributed by atoms with E-state index in [1.165, 1.54) is 15.6 Å². The molecule has 0 aliphatic heterocycles. The Bertz CT molecular complexity index is 837. The van der Waals surface area contributed by atoms with Gasteiger partial charge < -0.3 is 5.73 Å². The van der Waals surface area contributed by atoms with Gasteiger partial charge in [0.25, 0.3) is 0 Å². The van der Waals surface area contributed by atoms with Crippen LogP contribution in [0.3, 0.4) is 0 Å². The number of hydrogen-bond donors (Lipinski definition) is 1. The average Bonchev–Trinajstić information content (AvgIpc) is 2.91. The highest BCUT2D eigenvalue weighted by Gasteiger charge is 2.08. The third-order valence-electron chi connectivity index (χ3n) is 3.38. The van der Waals surface area contributed by atoms with E-state index in [9.17, 15) is 9.00 Å². The molecule has 0 saturated heterocycles. The molecule has 0 fully saturated rings. The molecule has 2 N–H and O–H groups in total. The van der Waals surface area contributed by atoms with Gasteiger partial charge in [-0.2, -0.15) is 0 Å². The van der Waals surface area contributed by atoms with Crippen LogP contribution < -0.4 is 5.73 Å². The molecule has 3 rings (SSSR count). The van der Waals surface area contributed by atoms with Crippen LogP contribution in [0.5, 0.6) is 0 Å². The molecule has 5 heteroatoms. The van der Waals surface area contributed by atoms with E-state index in [1.807, 2.05) is 36.4 Å². The quantitative estimate of drug-likeness (QED) is 0.781. The molecule has 0 aliphatic rings. The molecule has 3 nitrogen and oxygen atoms in total. The van der Waals surface area contributed by atoms with Gasteiger partial charge in [-0.25, -0.2) is 0 Å². The second-order valence-corrected chi connectivity index (χ2v) is 7.41. The second kappa shape index (κ2) is 6.42. The van der Waals surface area contributed by atoms with Crippen molar-refractivity contribution >= 4 is 38.1 Å². The molecule has 0 spiro atoms. The molecule has 1 aromatic heterocycles. The van der Waals surface area contributed by atoms with E-state index in [4.69, 9.17) is 5.73 Å². The summed E-state index contributed by atoms with van der Waals surface area (Å²) in [5.74, 6) is -0.260. The van der Waals surface area contributed by atoms with E-state index in [-0.39, 0.29) is 5.75 Å². The number of primary amides is 1. The molecule has 1 heterocycles. The third-order valence-corrected chi connectivity index (χ3v) is 5.60. The maximum atomic E-state index is 11.7. The van der Waals surface area contributed by atoms with Crippen molar-refractivity contribution < 1.29 is 9.00 Å². The van der Waals surface area contributed by atoms with Gasteiger partial charge >= 0.3 is 0 Å². The van der Waals surface area contributed by atoms with Crippen LogP contribution in [-0.4, -0.2) is 15.9 Å². The predicted molar refractivity (Wildman–Crippen MR) is 93.2 cm³/mol. The molecular weight excluding hydrogens is 314 g/mol. The van der Waals surface area contributed by atoms with E-state index < -0.39 is 16.7 Å². The average molecular weight is 329 g/mol. The van der Waals surface area contributed by atoms with Gasteiger partial charge in [0, 0.05) is 32.2 Å². The smallest absolute Gasteiger partial charge is 0.230 e. The number of rotatable bonds is 5. The number of hydrogen-bond acceptors (Lipinski definition) is 3. The maximum Gasteiger partial charge on any atom is 0.230 e. The lowest BCUT2D eigenvalue weighted by Crippen LogP contribution is -2.20. The summed E-state index contributed by atoms with van der Waals surface area (Å²) in [5, 5.41) is 3.41. The number of carbonyl (C=O) groups is 1. The first-order chi connectivity index (χ1) is 10.6. The molecule has 2 aromatic carbocycles. The molecule has 0 saturated carbocycles. The Labute approximate surface area is 135 Å². The summed E-state index contributed by atoms with van der Waals surface area (Å²) in [6.07, 6.45) is 0. The van der Waals surface area contributed by atoms with Crippen LogP contribution in [0.25, 0.3) is 21.2 Å². The summed E-state index contributed by atoms with van der Waals surface area (Å²) < 4.78 is 13.0. The standard InChI is InChI=1S/C17H15NO2S2/c18-17(19)11-22(20)10-12-5-7-13(8-6-12)15-9-21-16-4-2-1-3-14(15)16/h1-9H,10-11H2,(H2,18,19). The largest absolute Gasteiger partial charge is 0.369 e. The lowest BCUT2D eigenvalue weighted by molar-refractivity contribution is -0.115. The molecule has 1 atom stereocenters. The lowest BCUT2D eigenvalue weighted by Gasteiger charge is -2.04. The van der Waals surface area contributed by atoms with E-state index in [0.29, 0.717) is 5.75 Å². The molecular formula is C17H15NO2S2. The number of thiophene rings is 1.